The van der Waals surface area contributed by atoms with E-state index in [0.717, 1.165) is 12.9 Å². The van der Waals surface area contributed by atoms with Crippen LogP contribution >= 0.6 is 11.5 Å². The highest BCUT2D eigenvalue weighted by Crippen LogP contribution is 2.16. The van der Waals surface area contributed by atoms with E-state index in [0.29, 0.717) is 6.13 Å². The Labute approximate surface area is 106 Å². The first kappa shape index (κ1) is 14.1. The van der Waals surface area contributed by atoms with Gasteiger partial charge in [0.1, 0.15) is 0 Å². The molecule has 0 saturated heterocycles. The first-order valence-electron chi connectivity index (χ1n) is 6.99. The van der Waals surface area contributed by atoms with Gasteiger partial charge in [-0.1, -0.05) is 38.8 Å². The third-order valence-corrected chi connectivity index (χ3v) is 3.75. The highest BCUT2D eigenvalue weighted by Gasteiger charge is 2.09. The molecule has 1 aliphatic carbocycles. The molecule has 1 rings (SSSR count). The Kier molecular flexibility index (Phi) is 8.01. The molecular weight excluding hydrogens is 216 g/mol. The lowest BCUT2D eigenvalue weighted by molar-refractivity contribution is 0.662. The Morgan fingerprint density at radius 2 is 1.81 bits per heavy atom. The van der Waals surface area contributed by atoms with Crippen LogP contribution in [0, 0.1) is 0 Å². The zero-order chi connectivity index (χ0) is 11.6. The molecule has 3 heteroatoms. The van der Waals surface area contributed by atoms with Gasteiger partial charge in [0.15, 0.2) is 0 Å². The van der Waals surface area contributed by atoms with Crippen molar-refractivity contribution in [3.8, 4) is 0 Å². The van der Waals surface area contributed by atoms with E-state index in [9.17, 15) is 0 Å². The maximum absolute atomic E-state index is 6.23. The highest BCUT2D eigenvalue weighted by atomic mass is 35.5. The lowest BCUT2D eigenvalue weighted by Crippen LogP contribution is -2.07. The first-order valence-corrected chi connectivity index (χ1v) is 7.43. The van der Waals surface area contributed by atoms with Crippen molar-refractivity contribution in [1.82, 2.24) is 0 Å². The maximum atomic E-state index is 6.23. The van der Waals surface area contributed by atoms with Gasteiger partial charge < -0.3 is 0 Å². The summed E-state index contributed by atoms with van der Waals surface area (Å²) in [5.74, 6) is 0. The van der Waals surface area contributed by atoms with E-state index in [1.165, 1.54) is 63.4 Å². The normalized spacial score (nSPS) is 16.2. The quantitative estimate of drug-likeness (QED) is 0.448. The molecule has 0 aromatic carbocycles. The van der Waals surface area contributed by atoms with Crippen LogP contribution < -0.4 is 0 Å². The van der Waals surface area contributed by atoms with E-state index in [4.69, 9.17) is 16.5 Å². The van der Waals surface area contributed by atoms with Gasteiger partial charge in [0.05, 0.1) is 0 Å². The molecule has 1 aliphatic rings. The molecule has 1 fully saturated rings. The molecule has 92 valence electrons. The minimum absolute atomic E-state index is 0.381. The number of hydrogen-bond acceptors (Lipinski definition) is 1. The summed E-state index contributed by atoms with van der Waals surface area (Å²) in [5, 5.41) is 0. The predicted molar refractivity (Wildman–Crippen MR) is 76.1 cm³/mol. The third kappa shape index (κ3) is 6.57. The largest absolute Gasteiger partial charge is 0.294 e. The van der Waals surface area contributed by atoms with Crippen molar-refractivity contribution in [3.05, 3.63) is 0 Å². The standard InChI is InChI=1S/C13H25BClN/c1-2-3-10-14(15)11-7-12-16-13-8-5-4-6-9-13/h2-12H2,1H3. The maximum Gasteiger partial charge on any atom is 0.250 e. The molecule has 0 unspecified atom stereocenters. The predicted octanol–water partition coefficient (Wildman–Crippen LogP) is 4.81. The van der Waals surface area contributed by atoms with Gasteiger partial charge in [0, 0.05) is 12.3 Å². The van der Waals surface area contributed by atoms with E-state index < -0.39 is 0 Å². The van der Waals surface area contributed by atoms with Crippen LogP contribution in [0.4, 0.5) is 0 Å². The SMILES string of the molecule is CCCCB(Cl)CCCN=C1CCCCC1. The Balaban J connectivity index is 2.01. The number of unbranched alkanes of at least 4 members (excludes halogenated alkanes) is 1. The van der Waals surface area contributed by atoms with Crippen LogP contribution in [-0.2, 0) is 0 Å². The first-order chi connectivity index (χ1) is 7.83. The molecule has 0 aromatic rings. The molecule has 0 atom stereocenters. The van der Waals surface area contributed by atoms with Crippen molar-refractivity contribution in [2.24, 2.45) is 4.99 Å². The second kappa shape index (κ2) is 9.10. The Morgan fingerprint density at radius 3 is 2.50 bits per heavy atom. The number of hydrogen-bond donors (Lipinski definition) is 0. The van der Waals surface area contributed by atoms with Gasteiger partial charge in [-0.15, -0.1) is 0 Å². The van der Waals surface area contributed by atoms with Crippen LogP contribution in [0.5, 0.6) is 0 Å². The summed E-state index contributed by atoms with van der Waals surface area (Å²) in [6.45, 7) is 3.23. The van der Waals surface area contributed by atoms with Gasteiger partial charge in [-0.3, -0.25) is 4.99 Å². The molecule has 16 heavy (non-hydrogen) atoms. The zero-order valence-electron chi connectivity index (χ0n) is 10.7. The molecule has 0 heterocycles. The average Bonchev–Trinajstić information content (AvgIpc) is 2.33. The van der Waals surface area contributed by atoms with Crippen LogP contribution in [0.15, 0.2) is 4.99 Å². The van der Waals surface area contributed by atoms with Crippen LogP contribution in [0.2, 0.25) is 12.6 Å². The van der Waals surface area contributed by atoms with E-state index in [-0.39, 0.29) is 0 Å². The van der Waals surface area contributed by atoms with E-state index in [2.05, 4.69) is 6.92 Å². The Bertz CT molecular complexity index is 198. The molecule has 0 amide bonds. The van der Waals surface area contributed by atoms with Gasteiger partial charge >= 0.3 is 0 Å². The topological polar surface area (TPSA) is 12.4 Å². The van der Waals surface area contributed by atoms with E-state index >= 15 is 0 Å². The summed E-state index contributed by atoms with van der Waals surface area (Å²) in [5.41, 5.74) is 1.46. The molecule has 0 N–H and O–H groups in total. The third-order valence-electron chi connectivity index (χ3n) is 3.31. The van der Waals surface area contributed by atoms with Crippen molar-refractivity contribution in [2.45, 2.75) is 70.9 Å². The molecule has 1 saturated carbocycles. The molecule has 0 bridgehead atoms. The fraction of sp³-hybridized carbons (Fsp3) is 0.923. The molecular formula is C13H25BClN. The summed E-state index contributed by atoms with van der Waals surface area (Å²) < 4.78 is 0. The van der Waals surface area contributed by atoms with E-state index in [1.54, 1.807) is 0 Å². The lowest BCUT2D eigenvalue weighted by Gasteiger charge is -2.12. The van der Waals surface area contributed by atoms with Crippen molar-refractivity contribution >= 4 is 23.3 Å². The monoisotopic (exact) mass is 241 g/mol. The lowest BCUT2D eigenvalue weighted by atomic mass is 9.67. The number of nitrogens with zero attached hydrogens (tertiary/aromatic N) is 1. The van der Waals surface area contributed by atoms with Crippen LogP contribution in [0.3, 0.4) is 0 Å². The molecule has 0 spiro atoms. The van der Waals surface area contributed by atoms with Gasteiger partial charge in [-0.25, -0.2) is 0 Å². The van der Waals surface area contributed by atoms with Crippen molar-refractivity contribution < 1.29 is 0 Å². The van der Waals surface area contributed by atoms with Crippen molar-refractivity contribution in [3.63, 3.8) is 0 Å². The fourth-order valence-corrected chi connectivity index (χ4v) is 2.55. The van der Waals surface area contributed by atoms with Gasteiger partial charge in [-0.2, -0.15) is 11.5 Å². The van der Waals surface area contributed by atoms with Gasteiger partial charge in [-0.05, 0) is 32.1 Å². The number of aliphatic imine (C=N–C) groups is 1. The summed E-state index contributed by atoms with van der Waals surface area (Å²) in [6.07, 6.45) is 13.0. The summed E-state index contributed by atoms with van der Waals surface area (Å²) in [7, 11) is 0. The smallest absolute Gasteiger partial charge is 0.250 e. The molecule has 0 aliphatic heterocycles. The minimum atomic E-state index is 0.381. The molecule has 0 radical (unpaired) electrons. The number of halogens is 1. The highest BCUT2D eigenvalue weighted by molar-refractivity contribution is 7.06. The molecule has 0 aromatic heterocycles. The summed E-state index contributed by atoms with van der Waals surface area (Å²) in [4.78, 5) is 4.69. The second-order valence-electron chi connectivity index (χ2n) is 4.89. The summed E-state index contributed by atoms with van der Waals surface area (Å²) in [6, 6.07) is 0. The Hall–Kier alpha value is 0.0249. The van der Waals surface area contributed by atoms with Crippen LogP contribution in [0.25, 0.3) is 0 Å². The second-order valence-corrected chi connectivity index (χ2v) is 5.51. The van der Waals surface area contributed by atoms with Crippen molar-refractivity contribution in [1.29, 1.82) is 0 Å². The Morgan fingerprint density at radius 1 is 1.12 bits per heavy atom. The average molecular weight is 242 g/mol. The zero-order valence-corrected chi connectivity index (χ0v) is 11.4. The number of rotatable bonds is 7. The van der Waals surface area contributed by atoms with E-state index in [1.807, 2.05) is 0 Å². The van der Waals surface area contributed by atoms with Crippen molar-refractivity contribution in [2.75, 3.05) is 6.54 Å². The summed E-state index contributed by atoms with van der Waals surface area (Å²) >= 11 is 6.23. The van der Waals surface area contributed by atoms with Gasteiger partial charge in [0.25, 0.3) is 6.13 Å². The van der Waals surface area contributed by atoms with Gasteiger partial charge in [0.2, 0.25) is 0 Å². The molecule has 1 nitrogen and oxygen atoms in total. The van der Waals surface area contributed by atoms with Crippen LogP contribution in [-0.4, -0.2) is 18.4 Å². The fourth-order valence-electron chi connectivity index (χ4n) is 2.24. The minimum Gasteiger partial charge on any atom is -0.294 e. The van der Waals surface area contributed by atoms with Crippen LogP contribution in [0.1, 0.15) is 58.3 Å².